The Kier molecular flexibility index (Phi) is 3.82. The Morgan fingerprint density at radius 2 is 2.19 bits per heavy atom. The largest absolute Gasteiger partial charge is 0.342 e. The Morgan fingerprint density at radius 3 is 2.88 bits per heavy atom. The quantitative estimate of drug-likeness (QED) is 0.787. The molecule has 16 heavy (non-hydrogen) atoms. The normalized spacial score (nSPS) is 15.4. The monoisotopic (exact) mass is 220 g/mol. The van der Waals surface area contributed by atoms with Crippen LogP contribution < -0.4 is 5.32 Å². The molecular weight excluding hydrogens is 204 g/mol. The summed E-state index contributed by atoms with van der Waals surface area (Å²) in [5.41, 5.74) is 0.858. The van der Waals surface area contributed by atoms with E-state index in [1.54, 1.807) is 18.6 Å². The molecular formula is C11H16N4O. The van der Waals surface area contributed by atoms with Crippen molar-refractivity contribution in [2.24, 2.45) is 0 Å². The van der Waals surface area contributed by atoms with E-state index in [1.807, 2.05) is 4.90 Å². The summed E-state index contributed by atoms with van der Waals surface area (Å²) in [5.74, 6) is 0.182. The summed E-state index contributed by atoms with van der Waals surface area (Å²) in [4.78, 5) is 21.7. The number of nitrogens with one attached hydrogen (secondary N) is 1. The summed E-state index contributed by atoms with van der Waals surface area (Å²) in [6.45, 7) is 2.79. The van der Waals surface area contributed by atoms with E-state index < -0.39 is 0 Å². The second kappa shape index (κ2) is 5.55. The molecule has 1 amide bonds. The first kappa shape index (κ1) is 11.0. The summed E-state index contributed by atoms with van der Waals surface area (Å²) >= 11 is 0. The Balaban J connectivity index is 1.70. The summed E-state index contributed by atoms with van der Waals surface area (Å²) in [6.07, 6.45) is 7.26. The average Bonchev–Trinajstić information content (AvgIpc) is 2.84. The Labute approximate surface area is 94.9 Å². The minimum absolute atomic E-state index is 0.182. The summed E-state index contributed by atoms with van der Waals surface area (Å²) < 4.78 is 0. The SMILES string of the molecule is O=C(CNCc1cnccn1)N1CCCC1. The number of hydrogen-bond donors (Lipinski definition) is 1. The number of nitrogens with zero attached hydrogens (tertiary/aromatic N) is 3. The van der Waals surface area contributed by atoms with E-state index in [9.17, 15) is 4.79 Å². The van der Waals surface area contributed by atoms with Crippen molar-refractivity contribution >= 4 is 5.91 Å². The van der Waals surface area contributed by atoms with Gasteiger partial charge < -0.3 is 10.2 Å². The summed E-state index contributed by atoms with van der Waals surface area (Å²) in [7, 11) is 0. The van der Waals surface area contributed by atoms with Crippen LogP contribution in [0.5, 0.6) is 0 Å². The lowest BCUT2D eigenvalue weighted by Crippen LogP contribution is -2.36. The highest BCUT2D eigenvalue weighted by molar-refractivity contribution is 5.78. The lowest BCUT2D eigenvalue weighted by atomic mass is 10.4. The van der Waals surface area contributed by atoms with Gasteiger partial charge in [-0.15, -0.1) is 0 Å². The van der Waals surface area contributed by atoms with Crippen LogP contribution in [0.3, 0.4) is 0 Å². The first-order valence-corrected chi connectivity index (χ1v) is 5.59. The van der Waals surface area contributed by atoms with Crippen LogP contribution in [-0.4, -0.2) is 40.4 Å². The van der Waals surface area contributed by atoms with Gasteiger partial charge >= 0.3 is 0 Å². The molecule has 86 valence electrons. The molecule has 1 aromatic rings. The van der Waals surface area contributed by atoms with Crippen molar-refractivity contribution < 1.29 is 4.79 Å². The molecule has 5 heteroatoms. The highest BCUT2D eigenvalue weighted by Gasteiger charge is 2.16. The molecule has 1 fully saturated rings. The van der Waals surface area contributed by atoms with Gasteiger partial charge in [0.05, 0.1) is 12.2 Å². The molecule has 0 unspecified atom stereocenters. The van der Waals surface area contributed by atoms with Gasteiger partial charge in [-0.05, 0) is 12.8 Å². The van der Waals surface area contributed by atoms with Crippen LogP contribution in [0.15, 0.2) is 18.6 Å². The van der Waals surface area contributed by atoms with Crippen LogP contribution in [0.25, 0.3) is 0 Å². The molecule has 0 aliphatic carbocycles. The second-order valence-corrected chi connectivity index (χ2v) is 3.89. The van der Waals surface area contributed by atoms with Gasteiger partial charge in [0.15, 0.2) is 0 Å². The molecule has 0 bridgehead atoms. The molecule has 0 radical (unpaired) electrons. The first-order valence-electron chi connectivity index (χ1n) is 5.59. The van der Waals surface area contributed by atoms with Crippen molar-refractivity contribution in [1.82, 2.24) is 20.2 Å². The van der Waals surface area contributed by atoms with Crippen molar-refractivity contribution in [3.05, 3.63) is 24.3 Å². The van der Waals surface area contributed by atoms with E-state index >= 15 is 0 Å². The number of aromatic nitrogens is 2. The number of carbonyl (C=O) groups is 1. The van der Waals surface area contributed by atoms with Gasteiger partial charge in [0, 0.05) is 38.2 Å². The fourth-order valence-electron chi connectivity index (χ4n) is 1.80. The maximum absolute atomic E-state index is 11.7. The molecule has 2 heterocycles. The van der Waals surface area contributed by atoms with Crippen LogP contribution in [0, 0.1) is 0 Å². The van der Waals surface area contributed by atoms with E-state index in [4.69, 9.17) is 0 Å². The van der Waals surface area contributed by atoms with Crippen LogP contribution in [0.4, 0.5) is 0 Å². The number of hydrogen-bond acceptors (Lipinski definition) is 4. The molecule has 1 aliphatic heterocycles. The van der Waals surface area contributed by atoms with E-state index in [1.165, 1.54) is 0 Å². The minimum atomic E-state index is 0.182. The van der Waals surface area contributed by atoms with Crippen molar-refractivity contribution in [2.45, 2.75) is 19.4 Å². The van der Waals surface area contributed by atoms with Crippen molar-refractivity contribution in [2.75, 3.05) is 19.6 Å². The Bertz CT molecular complexity index is 335. The number of carbonyl (C=O) groups excluding carboxylic acids is 1. The molecule has 5 nitrogen and oxygen atoms in total. The predicted molar refractivity (Wildman–Crippen MR) is 59.6 cm³/mol. The number of rotatable bonds is 4. The van der Waals surface area contributed by atoms with Crippen molar-refractivity contribution in [1.29, 1.82) is 0 Å². The molecule has 1 N–H and O–H groups in total. The average molecular weight is 220 g/mol. The lowest BCUT2D eigenvalue weighted by Gasteiger charge is -2.15. The standard InChI is InChI=1S/C11H16N4O/c16-11(15-5-1-2-6-15)9-13-8-10-7-12-3-4-14-10/h3-4,7,13H,1-2,5-6,8-9H2. The van der Waals surface area contributed by atoms with E-state index in [0.717, 1.165) is 31.6 Å². The van der Waals surface area contributed by atoms with Gasteiger partial charge in [0.1, 0.15) is 0 Å². The highest BCUT2D eigenvalue weighted by Crippen LogP contribution is 2.06. The molecule has 2 rings (SSSR count). The third-order valence-electron chi connectivity index (χ3n) is 2.66. The van der Waals surface area contributed by atoms with Gasteiger partial charge in [-0.25, -0.2) is 0 Å². The van der Waals surface area contributed by atoms with Crippen LogP contribution in [0.1, 0.15) is 18.5 Å². The van der Waals surface area contributed by atoms with Gasteiger partial charge in [0.2, 0.25) is 5.91 Å². The fraction of sp³-hybridized carbons (Fsp3) is 0.545. The summed E-state index contributed by atoms with van der Waals surface area (Å²) in [5, 5.41) is 3.08. The van der Waals surface area contributed by atoms with E-state index in [2.05, 4.69) is 15.3 Å². The molecule has 0 spiro atoms. The van der Waals surface area contributed by atoms with Crippen LogP contribution >= 0.6 is 0 Å². The van der Waals surface area contributed by atoms with Gasteiger partial charge in [-0.1, -0.05) is 0 Å². The molecule has 0 aromatic carbocycles. The van der Waals surface area contributed by atoms with Crippen molar-refractivity contribution in [3.8, 4) is 0 Å². The molecule has 1 saturated heterocycles. The van der Waals surface area contributed by atoms with Crippen molar-refractivity contribution in [3.63, 3.8) is 0 Å². The molecule has 0 saturated carbocycles. The zero-order chi connectivity index (χ0) is 11.2. The Morgan fingerprint density at radius 1 is 1.38 bits per heavy atom. The second-order valence-electron chi connectivity index (χ2n) is 3.89. The zero-order valence-corrected chi connectivity index (χ0v) is 9.22. The minimum Gasteiger partial charge on any atom is -0.342 e. The van der Waals surface area contributed by atoms with Crippen LogP contribution in [-0.2, 0) is 11.3 Å². The number of amides is 1. The smallest absolute Gasteiger partial charge is 0.236 e. The predicted octanol–water partition coefficient (Wildman–Crippen LogP) is 0.189. The van der Waals surface area contributed by atoms with E-state index in [-0.39, 0.29) is 5.91 Å². The molecule has 1 aliphatic rings. The maximum Gasteiger partial charge on any atom is 0.236 e. The summed E-state index contributed by atoms with van der Waals surface area (Å²) in [6, 6.07) is 0. The Hall–Kier alpha value is -1.49. The molecule has 0 atom stereocenters. The maximum atomic E-state index is 11.7. The van der Waals surface area contributed by atoms with Gasteiger partial charge in [0.25, 0.3) is 0 Å². The first-order chi connectivity index (χ1) is 7.86. The fourth-order valence-corrected chi connectivity index (χ4v) is 1.80. The van der Waals surface area contributed by atoms with E-state index in [0.29, 0.717) is 13.1 Å². The third kappa shape index (κ3) is 3.00. The topological polar surface area (TPSA) is 58.1 Å². The molecule has 1 aromatic heterocycles. The number of likely N-dealkylation sites (tertiary alicyclic amines) is 1. The highest BCUT2D eigenvalue weighted by atomic mass is 16.2. The van der Waals surface area contributed by atoms with Crippen LogP contribution in [0.2, 0.25) is 0 Å². The third-order valence-corrected chi connectivity index (χ3v) is 2.66. The zero-order valence-electron chi connectivity index (χ0n) is 9.22. The van der Waals surface area contributed by atoms with Gasteiger partial charge in [-0.2, -0.15) is 0 Å². The lowest BCUT2D eigenvalue weighted by molar-refractivity contribution is -0.129. The van der Waals surface area contributed by atoms with Gasteiger partial charge in [-0.3, -0.25) is 14.8 Å².